The van der Waals surface area contributed by atoms with Crippen LogP contribution in [0.2, 0.25) is 5.02 Å². The van der Waals surface area contributed by atoms with E-state index < -0.39 is 0 Å². The van der Waals surface area contributed by atoms with Crippen LogP contribution in [0.25, 0.3) is 0 Å². The van der Waals surface area contributed by atoms with Crippen molar-refractivity contribution >= 4 is 46.4 Å². The summed E-state index contributed by atoms with van der Waals surface area (Å²) in [5, 5.41) is 17.9. The van der Waals surface area contributed by atoms with Gasteiger partial charge in [0.05, 0.1) is 17.8 Å². The molecule has 4 rings (SSSR count). The molecule has 164 valence electrons. The Morgan fingerprint density at radius 2 is 1.84 bits per heavy atom. The van der Waals surface area contributed by atoms with Gasteiger partial charge in [0, 0.05) is 43.0 Å². The molecular weight excluding hydrogens is 430 g/mol. The topological polar surface area (TPSA) is 112 Å². The normalized spacial score (nSPS) is 15.5. The molecule has 9 nitrogen and oxygen atoms in total. The number of halogens is 1. The molecule has 1 atom stereocenters. The van der Waals surface area contributed by atoms with Crippen LogP contribution in [0, 0.1) is 5.92 Å². The van der Waals surface area contributed by atoms with E-state index in [1.54, 1.807) is 53.7 Å². The molecular formula is C22H22ClN7O2. The number of pyridine rings is 1. The number of nitrogens with zero attached hydrogens (tertiary/aromatic N) is 4. The Hall–Kier alpha value is -3.72. The van der Waals surface area contributed by atoms with E-state index in [9.17, 15) is 9.59 Å². The largest absolute Gasteiger partial charge is 0.367 e. The van der Waals surface area contributed by atoms with Crippen LogP contribution in [0.1, 0.15) is 6.42 Å². The Morgan fingerprint density at radius 1 is 1.06 bits per heavy atom. The molecule has 0 unspecified atom stereocenters. The van der Waals surface area contributed by atoms with Crippen LogP contribution in [0.15, 0.2) is 60.9 Å². The van der Waals surface area contributed by atoms with E-state index in [1.807, 2.05) is 12.1 Å². The van der Waals surface area contributed by atoms with E-state index in [1.165, 1.54) is 0 Å². The van der Waals surface area contributed by atoms with Crippen molar-refractivity contribution in [3.63, 3.8) is 0 Å². The van der Waals surface area contributed by atoms with E-state index in [0.29, 0.717) is 36.3 Å². The van der Waals surface area contributed by atoms with Crippen molar-refractivity contribution in [2.24, 2.45) is 5.92 Å². The van der Waals surface area contributed by atoms with E-state index in [4.69, 9.17) is 11.6 Å². The molecule has 32 heavy (non-hydrogen) atoms. The molecule has 0 saturated carbocycles. The summed E-state index contributed by atoms with van der Waals surface area (Å²) in [6.07, 6.45) is 3.59. The molecule has 3 N–H and O–H groups in total. The van der Waals surface area contributed by atoms with Gasteiger partial charge in [-0.2, -0.15) is 0 Å². The van der Waals surface area contributed by atoms with Gasteiger partial charge in [0.2, 0.25) is 11.8 Å². The van der Waals surface area contributed by atoms with Crippen LogP contribution < -0.4 is 20.9 Å². The van der Waals surface area contributed by atoms with Crippen molar-refractivity contribution in [3.05, 3.63) is 65.9 Å². The van der Waals surface area contributed by atoms with E-state index in [0.717, 1.165) is 11.4 Å². The number of amides is 2. The quantitative estimate of drug-likeness (QED) is 0.451. The molecule has 0 bridgehead atoms. The lowest BCUT2D eigenvalue weighted by atomic mass is 10.1. The van der Waals surface area contributed by atoms with Crippen molar-refractivity contribution in [1.82, 2.24) is 20.5 Å². The van der Waals surface area contributed by atoms with Crippen molar-refractivity contribution in [2.45, 2.75) is 6.42 Å². The fraction of sp³-hybridized carbons (Fsp3) is 0.227. The lowest BCUT2D eigenvalue weighted by Gasteiger charge is -2.16. The molecule has 1 saturated heterocycles. The molecule has 3 aromatic rings. The molecule has 1 aliphatic rings. The zero-order valence-corrected chi connectivity index (χ0v) is 17.9. The predicted octanol–water partition coefficient (Wildman–Crippen LogP) is 2.85. The highest BCUT2D eigenvalue weighted by molar-refractivity contribution is 6.30. The lowest BCUT2D eigenvalue weighted by Crippen LogP contribution is -2.35. The first-order valence-electron chi connectivity index (χ1n) is 10.2. The SMILES string of the molecule is O=C(NCCNc1ccc(Nc2cccnc2)nn1)[C@H]1CC(=O)N(c2ccc(Cl)cc2)C1. The Labute approximate surface area is 190 Å². The average molecular weight is 452 g/mol. The maximum absolute atomic E-state index is 12.5. The summed E-state index contributed by atoms with van der Waals surface area (Å²) in [5.74, 6) is 0.615. The minimum Gasteiger partial charge on any atom is -0.367 e. The molecule has 3 heterocycles. The van der Waals surface area contributed by atoms with E-state index in [-0.39, 0.29) is 24.2 Å². The highest BCUT2D eigenvalue weighted by Gasteiger charge is 2.34. The number of aromatic nitrogens is 3. The van der Waals surface area contributed by atoms with Crippen molar-refractivity contribution < 1.29 is 9.59 Å². The number of carbonyl (C=O) groups is 2. The fourth-order valence-corrected chi connectivity index (χ4v) is 3.48. The number of benzene rings is 1. The number of hydrogen-bond donors (Lipinski definition) is 3. The van der Waals surface area contributed by atoms with Crippen molar-refractivity contribution in [1.29, 1.82) is 0 Å². The molecule has 0 radical (unpaired) electrons. The van der Waals surface area contributed by atoms with Gasteiger partial charge < -0.3 is 20.9 Å². The van der Waals surface area contributed by atoms with Crippen LogP contribution in [-0.4, -0.2) is 46.6 Å². The molecule has 1 aliphatic heterocycles. The maximum atomic E-state index is 12.5. The molecule has 2 aromatic heterocycles. The summed E-state index contributed by atoms with van der Waals surface area (Å²) in [6, 6.07) is 14.3. The summed E-state index contributed by atoms with van der Waals surface area (Å²) in [5.41, 5.74) is 1.57. The highest BCUT2D eigenvalue weighted by Crippen LogP contribution is 2.26. The predicted molar refractivity (Wildman–Crippen MR) is 123 cm³/mol. The second-order valence-electron chi connectivity index (χ2n) is 7.27. The molecule has 2 amide bonds. The van der Waals surface area contributed by atoms with E-state index >= 15 is 0 Å². The Kier molecular flexibility index (Phi) is 6.76. The van der Waals surface area contributed by atoms with Crippen LogP contribution in [0.5, 0.6) is 0 Å². The average Bonchev–Trinajstić information content (AvgIpc) is 3.20. The maximum Gasteiger partial charge on any atom is 0.227 e. The van der Waals surface area contributed by atoms with Crippen LogP contribution >= 0.6 is 11.6 Å². The van der Waals surface area contributed by atoms with Crippen molar-refractivity contribution in [2.75, 3.05) is 35.2 Å². The van der Waals surface area contributed by atoms with Crippen LogP contribution in [0.3, 0.4) is 0 Å². The number of carbonyl (C=O) groups excluding carboxylic acids is 2. The summed E-state index contributed by atoms with van der Waals surface area (Å²) < 4.78 is 0. The lowest BCUT2D eigenvalue weighted by molar-refractivity contribution is -0.126. The summed E-state index contributed by atoms with van der Waals surface area (Å²) in [7, 11) is 0. The van der Waals surface area contributed by atoms with Crippen LogP contribution in [-0.2, 0) is 9.59 Å². The Balaban J connectivity index is 1.20. The second-order valence-corrected chi connectivity index (χ2v) is 7.71. The summed E-state index contributed by atoms with van der Waals surface area (Å²) in [4.78, 5) is 30.4. The zero-order valence-electron chi connectivity index (χ0n) is 17.2. The van der Waals surface area contributed by atoms with Gasteiger partial charge in [0.1, 0.15) is 5.82 Å². The van der Waals surface area contributed by atoms with Gasteiger partial charge >= 0.3 is 0 Å². The number of nitrogens with one attached hydrogen (secondary N) is 3. The second kappa shape index (κ2) is 10.1. The third-order valence-corrected chi connectivity index (χ3v) is 5.21. The van der Waals surface area contributed by atoms with Gasteiger partial charge in [-0.15, -0.1) is 10.2 Å². The Morgan fingerprint density at radius 3 is 2.56 bits per heavy atom. The third-order valence-electron chi connectivity index (χ3n) is 4.96. The van der Waals surface area contributed by atoms with Gasteiger partial charge in [-0.05, 0) is 48.5 Å². The standard InChI is InChI=1S/C22H22ClN7O2/c23-16-3-5-18(6-4-16)30-14-15(12-21(30)31)22(32)26-11-10-25-19-7-8-20(29-28-19)27-17-2-1-9-24-13-17/h1-9,13,15H,10-12,14H2,(H,25,28)(H,26,32)(H,27,29)/t15-/m0/s1. The van der Waals surface area contributed by atoms with Gasteiger partial charge in [0.15, 0.2) is 5.82 Å². The summed E-state index contributed by atoms with van der Waals surface area (Å²) in [6.45, 7) is 1.25. The first-order chi connectivity index (χ1) is 15.6. The third kappa shape index (κ3) is 5.50. The molecule has 0 spiro atoms. The molecule has 0 aliphatic carbocycles. The zero-order chi connectivity index (χ0) is 22.3. The molecule has 10 heteroatoms. The van der Waals surface area contributed by atoms with Gasteiger partial charge in [0.25, 0.3) is 0 Å². The van der Waals surface area contributed by atoms with E-state index in [2.05, 4.69) is 31.1 Å². The Bertz CT molecular complexity index is 1060. The minimum absolute atomic E-state index is 0.0687. The molecule has 1 aromatic carbocycles. The minimum atomic E-state index is -0.379. The van der Waals surface area contributed by atoms with Gasteiger partial charge in [-0.1, -0.05) is 11.6 Å². The number of anilines is 4. The first-order valence-corrected chi connectivity index (χ1v) is 10.5. The van der Waals surface area contributed by atoms with Gasteiger partial charge in [-0.25, -0.2) is 0 Å². The number of hydrogen-bond acceptors (Lipinski definition) is 7. The van der Waals surface area contributed by atoms with Gasteiger partial charge in [-0.3, -0.25) is 14.6 Å². The van der Waals surface area contributed by atoms with Crippen LogP contribution in [0.4, 0.5) is 23.0 Å². The van der Waals surface area contributed by atoms with Crippen molar-refractivity contribution in [3.8, 4) is 0 Å². The first kappa shape index (κ1) is 21.5. The summed E-state index contributed by atoms with van der Waals surface area (Å²) >= 11 is 5.90. The number of rotatable bonds is 8. The highest BCUT2D eigenvalue weighted by atomic mass is 35.5. The molecule has 1 fully saturated rings. The monoisotopic (exact) mass is 451 g/mol. The smallest absolute Gasteiger partial charge is 0.227 e. The fourth-order valence-electron chi connectivity index (χ4n) is 3.35.